The number of piperidine rings is 1. The second-order valence-corrected chi connectivity index (χ2v) is 6.91. The van der Waals surface area contributed by atoms with Crippen LogP contribution in [0.5, 0.6) is 0 Å². The van der Waals surface area contributed by atoms with E-state index in [9.17, 15) is 9.59 Å². The summed E-state index contributed by atoms with van der Waals surface area (Å²) in [5.41, 5.74) is 0.589. The Morgan fingerprint density at radius 3 is 2.48 bits per heavy atom. The molecule has 1 unspecified atom stereocenters. The van der Waals surface area contributed by atoms with Crippen LogP contribution < -0.4 is 5.32 Å². The fourth-order valence-electron chi connectivity index (χ4n) is 2.81. The van der Waals surface area contributed by atoms with E-state index in [2.05, 4.69) is 24.3 Å². The summed E-state index contributed by atoms with van der Waals surface area (Å²) >= 11 is 0. The number of likely N-dealkylation sites (tertiary alicyclic amines) is 1. The Balaban J connectivity index is 1.74. The molecule has 1 aromatic heterocycles. The first kappa shape index (κ1) is 17.5. The van der Waals surface area contributed by atoms with Crippen molar-refractivity contribution in [2.24, 2.45) is 24.8 Å². The molecule has 2 rings (SSSR count). The Labute approximate surface area is 138 Å². The topological polar surface area (TPSA) is 67.2 Å². The minimum Gasteiger partial charge on any atom is -0.352 e. The largest absolute Gasteiger partial charge is 0.352 e. The van der Waals surface area contributed by atoms with Crippen LogP contribution in [-0.4, -0.2) is 46.1 Å². The third-order valence-corrected chi connectivity index (χ3v) is 4.83. The van der Waals surface area contributed by atoms with Gasteiger partial charge in [0.2, 0.25) is 5.91 Å². The summed E-state index contributed by atoms with van der Waals surface area (Å²) in [5, 5.41) is 6.98. The summed E-state index contributed by atoms with van der Waals surface area (Å²) in [6.45, 7) is 8.43. The van der Waals surface area contributed by atoms with E-state index in [-0.39, 0.29) is 17.7 Å². The van der Waals surface area contributed by atoms with Gasteiger partial charge in [0.1, 0.15) is 0 Å². The highest BCUT2D eigenvalue weighted by molar-refractivity contribution is 5.93. The summed E-state index contributed by atoms with van der Waals surface area (Å²) in [5.74, 6) is 1.08. The zero-order valence-corrected chi connectivity index (χ0v) is 14.6. The Kier molecular flexibility index (Phi) is 5.80. The SMILES string of the molecule is CC(C)C(C)C(=O)N1CCC(CNC(=O)c2cnn(C)c2)CC1. The number of carbonyl (C=O) groups excluding carboxylic acids is 2. The molecule has 23 heavy (non-hydrogen) atoms. The number of aryl methyl sites for hydroxylation is 1. The van der Waals surface area contributed by atoms with Crippen molar-refractivity contribution < 1.29 is 9.59 Å². The smallest absolute Gasteiger partial charge is 0.254 e. The van der Waals surface area contributed by atoms with Crippen LogP contribution in [0.4, 0.5) is 0 Å². The third kappa shape index (κ3) is 4.56. The van der Waals surface area contributed by atoms with Crippen LogP contribution in [0.15, 0.2) is 12.4 Å². The Morgan fingerprint density at radius 2 is 1.96 bits per heavy atom. The second-order valence-electron chi connectivity index (χ2n) is 6.91. The molecule has 0 aliphatic carbocycles. The molecule has 1 aromatic rings. The molecule has 0 radical (unpaired) electrons. The van der Waals surface area contributed by atoms with Crippen molar-refractivity contribution in [2.75, 3.05) is 19.6 Å². The number of rotatable bonds is 5. The molecule has 1 fully saturated rings. The van der Waals surface area contributed by atoms with E-state index in [1.165, 1.54) is 0 Å². The van der Waals surface area contributed by atoms with Gasteiger partial charge in [-0.1, -0.05) is 20.8 Å². The molecule has 2 heterocycles. The van der Waals surface area contributed by atoms with Gasteiger partial charge in [-0.25, -0.2) is 0 Å². The molecule has 1 saturated heterocycles. The van der Waals surface area contributed by atoms with E-state index in [4.69, 9.17) is 0 Å². The molecule has 0 saturated carbocycles. The van der Waals surface area contributed by atoms with Gasteiger partial charge >= 0.3 is 0 Å². The number of amides is 2. The number of hydrogen-bond donors (Lipinski definition) is 1. The maximum Gasteiger partial charge on any atom is 0.254 e. The van der Waals surface area contributed by atoms with Gasteiger partial charge in [0, 0.05) is 38.8 Å². The first-order valence-corrected chi connectivity index (χ1v) is 8.44. The summed E-state index contributed by atoms with van der Waals surface area (Å²) in [4.78, 5) is 26.3. The van der Waals surface area contributed by atoms with Crippen molar-refractivity contribution >= 4 is 11.8 Å². The molecule has 6 nitrogen and oxygen atoms in total. The molecule has 6 heteroatoms. The molecule has 2 amide bonds. The van der Waals surface area contributed by atoms with Gasteiger partial charge in [-0.15, -0.1) is 0 Å². The average Bonchev–Trinajstić information content (AvgIpc) is 2.98. The van der Waals surface area contributed by atoms with Crippen molar-refractivity contribution in [3.63, 3.8) is 0 Å². The van der Waals surface area contributed by atoms with Gasteiger partial charge in [0.05, 0.1) is 11.8 Å². The second kappa shape index (κ2) is 7.62. The first-order chi connectivity index (χ1) is 10.9. The molecule has 1 N–H and O–H groups in total. The predicted octanol–water partition coefficient (Wildman–Crippen LogP) is 1.68. The van der Waals surface area contributed by atoms with Crippen molar-refractivity contribution in [3.05, 3.63) is 18.0 Å². The zero-order chi connectivity index (χ0) is 17.0. The molecular formula is C17H28N4O2. The monoisotopic (exact) mass is 320 g/mol. The van der Waals surface area contributed by atoms with Gasteiger partial charge in [0.25, 0.3) is 5.91 Å². The fraction of sp³-hybridized carbons (Fsp3) is 0.706. The van der Waals surface area contributed by atoms with Crippen LogP contribution in [0.2, 0.25) is 0 Å². The van der Waals surface area contributed by atoms with Gasteiger partial charge < -0.3 is 10.2 Å². The molecule has 0 aromatic carbocycles. The number of aromatic nitrogens is 2. The van der Waals surface area contributed by atoms with Crippen LogP contribution in [-0.2, 0) is 11.8 Å². The fourth-order valence-corrected chi connectivity index (χ4v) is 2.81. The lowest BCUT2D eigenvalue weighted by Crippen LogP contribution is -2.44. The number of nitrogens with zero attached hydrogens (tertiary/aromatic N) is 3. The standard InChI is InChI=1S/C17H28N4O2/c1-12(2)13(3)17(23)21-7-5-14(6-8-21)9-18-16(22)15-10-19-20(4)11-15/h10-14H,5-9H2,1-4H3,(H,18,22). The van der Waals surface area contributed by atoms with Crippen LogP contribution in [0.1, 0.15) is 44.0 Å². The third-order valence-electron chi connectivity index (χ3n) is 4.83. The molecule has 1 atom stereocenters. The van der Waals surface area contributed by atoms with Gasteiger partial charge in [-0.05, 0) is 24.7 Å². The molecule has 128 valence electrons. The maximum absolute atomic E-state index is 12.3. The highest BCUT2D eigenvalue weighted by Crippen LogP contribution is 2.21. The van der Waals surface area contributed by atoms with Gasteiger partial charge in [-0.2, -0.15) is 5.10 Å². The molecule has 1 aliphatic rings. The summed E-state index contributed by atoms with van der Waals surface area (Å²) in [6, 6.07) is 0. The van der Waals surface area contributed by atoms with E-state index < -0.39 is 0 Å². The quantitative estimate of drug-likeness (QED) is 0.897. The first-order valence-electron chi connectivity index (χ1n) is 8.44. The van der Waals surface area contributed by atoms with Crippen molar-refractivity contribution in [1.82, 2.24) is 20.0 Å². The van der Waals surface area contributed by atoms with Crippen molar-refractivity contribution in [1.29, 1.82) is 0 Å². The van der Waals surface area contributed by atoms with Crippen molar-refractivity contribution in [2.45, 2.75) is 33.6 Å². The molecular weight excluding hydrogens is 292 g/mol. The van der Waals surface area contributed by atoms with Crippen LogP contribution in [0.25, 0.3) is 0 Å². The summed E-state index contributed by atoms with van der Waals surface area (Å²) < 4.78 is 1.62. The number of carbonyl (C=O) groups is 2. The minimum absolute atomic E-state index is 0.0787. The number of hydrogen-bond acceptors (Lipinski definition) is 3. The Bertz CT molecular complexity index is 545. The van der Waals surface area contributed by atoms with Gasteiger partial charge in [0.15, 0.2) is 0 Å². The summed E-state index contributed by atoms with van der Waals surface area (Å²) in [6.07, 6.45) is 5.18. The van der Waals surface area contributed by atoms with Crippen LogP contribution >= 0.6 is 0 Å². The van der Waals surface area contributed by atoms with Crippen molar-refractivity contribution in [3.8, 4) is 0 Å². The molecule has 0 bridgehead atoms. The van der Waals surface area contributed by atoms with E-state index in [1.54, 1.807) is 24.1 Å². The normalized spacial score (nSPS) is 17.3. The van der Waals surface area contributed by atoms with E-state index in [0.29, 0.717) is 23.9 Å². The number of nitrogens with one attached hydrogen (secondary N) is 1. The lowest BCUT2D eigenvalue weighted by atomic mass is 9.92. The molecule has 0 spiro atoms. The lowest BCUT2D eigenvalue weighted by Gasteiger charge is -2.34. The minimum atomic E-state index is -0.0787. The summed E-state index contributed by atoms with van der Waals surface area (Å²) in [7, 11) is 1.79. The Hall–Kier alpha value is -1.85. The Morgan fingerprint density at radius 1 is 1.30 bits per heavy atom. The lowest BCUT2D eigenvalue weighted by molar-refractivity contribution is -0.137. The average molecular weight is 320 g/mol. The highest BCUT2D eigenvalue weighted by Gasteiger charge is 2.27. The highest BCUT2D eigenvalue weighted by atomic mass is 16.2. The van der Waals surface area contributed by atoms with E-state index in [0.717, 1.165) is 25.9 Å². The van der Waals surface area contributed by atoms with Crippen LogP contribution in [0.3, 0.4) is 0 Å². The predicted molar refractivity (Wildman–Crippen MR) is 88.8 cm³/mol. The molecule has 1 aliphatic heterocycles. The van der Waals surface area contributed by atoms with E-state index in [1.807, 2.05) is 11.8 Å². The van der Waals surface area contributed by atoms with Gasteiger partial charge in [-0.3, -0.25) is 14.3 Å². The zero-order valence-electron chi connectivity index (χ0n) is 14.6. The maximum atomic E-state index is 12.3. The van der Waals surface area contributed by atoms with E-state index >= 15 is 0 Å². The van der Waals surface area contributed by atoms with Crippen LogP contribution in [0, 0.1) is 17.8 Å².